The fourth-order valence-corrected chi connectivity index (χ4v) is 1.96. The molecule has 92 valence electrons. The van der Waals surface area contributed by atoms with Crippen LogP contribution in [0.25, 0.3) is 11.3 Å². The number of rotatable bonds is 1. The summed E-state index contributed by atoms with van der Waals surface area (Å²) in [6.07, 6.45) is 2.34. The molecule has 0 atom stereocenters. The van der Waals surface area contributed by atoms with E-state index in [1.165, 1.54) is 6.33 Å². The molecule has 18 heavy (non-hydrogen) atoms. The second-order valence-electron chi connectivity index (χ2n) is 3.94. The zero-order valence-electron chi connectivity index (χ0n) is 9.60. The van der Waals surface area contributed by atoms with E-state index >= 15 is 0 Å². The van der Waals surface area contributed by atoms with Gasteiger partial charge in [-0.1, -0.05) is 11.6 Å². The zero-order chi connectivity index (χ0) is 12.4. The maximum atomic E-state index is 5.86. The third-order valence-corrected chi connectivity index (χ3v) is 2.88. The molecule has 1 aliphatic heterocycles. The predicted molar refractivity (Wildman–Crippen MR) is 68.1 cm³/mol. The van der Waals surface area contributed by atoms with Crippen LogP contribution in [0.5, 0.6) is 11.5 Å². The molecule has 0 saturated heterocycles. The number of fused-ring (bicyclic) bond motifs is 1. The lowest BCUT2D eigenvalue weighted by atomic mass is 10.1. The quantitative estimate of drug-likeness (QED) is 0.741. The summed E-state index contributed by atoms with van der Waals surface area (Å²) in [5.41, 5.74) is 1.70. The number of halogens is 1. The number of benzene rings is 1. The Balaban J connectivity index is 2.01. The molecular formula is C13H11ClN2O2. The van der Waals surface area contributed by atoms with Crippen LogP contribution in [0.2, 0.25) is 5.15 Å². The third-order valence-electron chi connectivity index (χ3n) is 2.68. The molecule has 0 bridgehead atoms. The lowest BCUT2D eigenvalue weighted by molar-refractivity contribution is 0.297. The van der Waals surface area contributed by atoms with E-state index in [1.54, 1.807) is 6.07 Å². The van der Waals surface area contributed by atoms with Crippen molar-refractivity contribution in [1.29, 1.82) is 0 Å². The highest BCUT2D eigenvalue weighted by Crippen LogP contribution is 2.33. The molecular weight excluding hydrogens is 252 g/mol. The molecule has 2 heterocycles. The maximum Gasteiger partial charge on any atom is 0.161 e. The van der Waals surface area contributed by atoms with Gasteiger partial charge in [-0.05, 0) is 18.2 Å². The van der Waals surface area contributed by atoms with Crippen molar-refractivity contribution in [2.45, 2.75) is 6.42 Å². The van der Waals surface area contributed by atoms with Crippen molar-refractivity contribution in [3.05, 3.63) is 35.7 Å². The standard InChI is InChI=1S/C13H11ClN2O2/c14-13-7-10(15-8-16-13)9-2-3-11-12(6-9)18-5-1-4-17-11/h2-3,6-8H,1,4-5H2. The van der Waals surface area contributed by atoms with E-state index < -0.39 is 0 Å². The molecule has 1 aromatic heterocycles. The molecule has 1 aliphatic rings. The summed E-state index contributed by atoms with van der Waals surface area (Å²) in [4.78, 5) is 8.06. The van der Waals surface area contributed by atoms with Gasteiger partial charge in [0.1, 0.15) is 11.5 Å². The van der Waals surface area contributed by atoms with Gasteiger partial charge < -0.3 is 9.47 Å². The Labute approximate surface area is 110 Å². The molecule has 0 aliphatic carbocycles. The van der Waals surface area contributed by atoms with Crippen LogP contribution in [-0.2, 0) is 0 Å². The van der Waals surface area contributed by atoms with Gasteiger partial charge in [0.25, 0.3) is 0 Å². The van der Waals surface area contributed by atoms with Crippen LogP contribution in [0.1, 0.15) is 6.42 Å². The van der Waals surface area contributed by atoms with Crippen molar-refractivity contribution >= 4 is 11.6 Å². The monoisotopic (exact) mass is 262 g/mol. The molecule has 0 radical (unpaired) electrons. The van der Waals surface area contributed by atoms with E-state index in [0.717, 1.165) is 29.2 Å². The van der Waals surface area contributed by atoms with E-state index in [0.29, 0.717) is 18.4 Å². The second-order valence-corrected chi connectivity index (χ2v) is 4.33. The first-order chi connectivity index (χ1) is 8.83. The van der Waals surface area contributed by atoms with Crippen molar-refractivity contribution in [2.24, 2.45) is 0 Å². The minimum absolute atomic E-state index is 0.423. The Hall–Kier alpha value is -1.81. The molecule has 0 amide bonds. The van der Waals surface area contributed by atoms with E-state index in [1.807, 2.05) is 18.2 Å². The van der Waals surface area contributed by atoms with Gasteiger partial charge in [-0.3, -0.25) is 0 Å². The SMILES string of the molecule is Clc1cc(-c2ccc3c(c2)OCCCO3)ncn1. The Morgan fingerprint density at radius 2 is 1.83 bits per heavy atom. The predicted octanol–water partition coefficient (Wildman–Crippen LogP) is 2.96. The average molecular weight is 263 g/mol. The number of hydrogen-bond acceptors (Lipinski definition) is 4. The average Bonchev–Trinajstić information content (AvgIpc) is 2.63. The van der Waals surface area contributed by atoms with E-state index in [-0.39, 0.29) is 0 Å². The van der Waals surface area contributed by atoms with Crippen LogP contribution in [0.15, 0.2) is 30.6 Å². The highest BCUT2D eigenvalue weighted by molar-refractivity contribution is 6.29. The lowest BCUT2D eigenvalue weighted by Gasteiger charge is -2.08. The van der Waals surface area contributed by atoms with Gasteiger partial charge in [0.2, 0.25) is 0 Å². The van der Waals surface area contributed by atoms with E-state index in [2.05, 4.69) is 9.97 Å². The first kappa shape index (κ1) is 11.3. The number of ether oxygens (including phenoxy) is 2. The summed E-state index contributed by atoms with van der Waals surface area (Å²) < 4.78 is 11.2. The van der Waals surface area contributed by atoms with Gasteiger partial charge in [0.15, 0.2) is 11.5 Å². The fraction of sp³-hybridized carbons (Fsp3) is 0.231. The molecule has 0 N–H and O–H groups in total. The van der Waals surface area contributed by atoms with Gasteiger partial charge in [-0.25, -0.2) is 9.97 Å². The number of nitrogens with zero attached hydrogens (tertiary/aromatic N) is 2. The van der Waals surface area contributed by atoms with Crippen molar-refractivity contribution in [3.8, 4) is 22.8 Å². The molecule has 4 nitrogen and oxygen atoms in total. The van der Waals surface area contributed by atoms with Crippen LogP contribution in [0.3, 0.4) is 0 Å². The highest BCUT2D eigenvalue weighted by atomic mass is 35.5. The van der Waals surface area contributed by atoms with E-state index in [4.69, 9.17) is 21.1 Å². The molecule has 5 heteroatoms. The molecule has 0 unspecified atom stereocenters. The summed E-state index contributed by atoms with van der Waals surface area (Å²) in [6.45, 7) is 1.35. The summed E-state index contributed by atoms with van der Waals surface area (Å²) in [7, 11) is 0. The molecule has 0 saturated carbocycles. The van der Waals surface area contributed by atoms with Crippen molar-refractivity contribution in [1.82, 2.24) is 9.97 Å². The smallest absolute Gasteiger partial charge is 0.161 e. The Bertz CT molecular complexity index is 575. The Morgan fingerprint density at radius 3 is 2.67 bits per heavy atom. The maximum absolute atomic E-state index is 5.86. The fourth-order valence-electron chi connectivity index (χ4n) is 1.81. The second kappa shape index (κ2) is 4.82. The summed E-state index contributed by atoms with van der Waals surface area (Å²) in [5, 5.41) is 0.423. The van der Waals surface area contributed by atoms with E-state index in [9.17, 15) is 0 Å². The van der Waals surface area contributed by atoms with Crippen LogP contribution in [-0.4, -0.2) is 23.2 Å². The molecule has 2 aromatic rings. The first-order valence-corrected chi connectivity index (χ1v) is 6.08. The van der Waals surface area contributed by atoms with Gasteiger partial charge in [-0.15, -0.1) is 0 Å². The Morgan fingerprint density at radius 1 is 1.00 bits per heavy atom. The largest absolute Gasteiger partial charge is 0.490 e. The highest BCUT2D eigenvalue weighted by Gasteiger charge is 2.12. The van der Waals surface area contributed by atoms with Crippen molar-refractivity contribution in [2.75, 3.05) is 13.2 Å². The number of hydrogen-bond donors (Lipinski definition) is 0. The summed E-state index contributed by atoms with van der Waals surface area (Å²) in [5.74, 6) is 1.52. The topological polar surface area (TPSA) is 44.2 Å². The van der Waals surface area contributed by atoms with Crippen LogP contribution in [0, 0.1) is 0 Å². The van der Waals surface area contributed by atoms with Gasteiger partial charge in [0, 0.05) is 18.1 Å². The van der Waals surface area contributed by atoms with Gasteiger partial charge >= 0.3 is 0 Å². The molecule has 1 aromatic carbocycles. The van der Waals surface area contributed by atoms with Crippen molar-refractivity contribution in [3.63, 3.8) is 0 Å². The molecule has 0 spiro atoms. The zero-order valence-corrected chi connectivity index (χ0v) is 10.4. The first-order valence-electron chi connectivity index (χ1n) is 5.70. The van der Waals surface area contributed by atoms with Crippen LogP contribution >= 0.6 is 11.6 Å². The number of aromatic nitrogens is 2. The normalized spacial score (nSPS) is 14.1. The minimum Gasteiger partial charge on any atom is -0.490 e. The van der Waals surface area contributed by atoms with Crippen LogP contribution in [0.4, 0.5) is 0 Å². The van der Waals surface area contributed by atoms with Gasteiger partial charge in [0.05, 0.1) is 18.9 Å². The minimum atomic E-state index is 0.423. The molecule has 3 rings (SSSR count). The summed E-state index contributed by atoms with van der Waals surface area (Å²) in [6, 6.07) is 7.47. The molecule has 0 fully saturated rings. The Kier molecular flexibility index (Phi) is 3.02. The third kappa shape index (κ3) is 2.24. The summed E-state index contributed by atoms with van der Waals surface area (Å²) >= 11 is 5.86. The van der Waals surface area contributed by atoms with Crippen LogP contribution < -0.4 is 9.47 Å². The van der Waals surface area contributed by atoms with Gasteiger partial charge in [-0.2, -0.15) is 0 Å². The lowest BCUT2D eigenvalue weighted by Crippen LogP contribution is -1.97. The van der Waals surface area contributed by atoms with Crippen molar-refractivity contribution < 1.29 is 9.47 Å².